The highest BCUT2D eigenvalue weighted by atomic mass is 32.2. The molecule has 0 atom stereocenters. The molecule has 0 spiro atoms. The third-order valence-corrected chi connectivity index (χ3v) is 5.11. The molecule has 0 amide bonds. The first kappa shape index (κ1) is 18.5. The number of aromatic nitrogens is 2. The van der Waals surface area contributed by atoms with Crippen LogP contribution in [0.25, 0.3) is 0 Å². The van der Waals surface area contributed by atoms with Gasteiger partial charge in [0, 0.05) is 55.8 Å². The van der Waals surface area contributed by atoms with Gasteiger partial charge in [-0.3, -0.25) is 4.99 Å². The molecule has 1 N–H and O–H groups in total. The van der Waals surface area contributed by atoms with Gasteiger partial charge in [-0.2, -0.15) is 0 Å². The zero-order chi connectivity index (χ0) is 18.0. The number of nitrogens with zero attached hydrogens (tertiary/aromatic N) is 5. The second kappa shape index (κ2) is 10.0. The molecule has 1 aliphatic heterocycles. The van der Waals surface area contributed by atoms with Gasteiger partial charge >= 0.3 is 0 Å². The Bertz CT molecular complexity index is 671. The van der Waals surface area contributed by atoms with Gasteiger partial charge in [-0.05, 0) is 25.1 Å². The van der Waals surface area contributed by atoms with E-state index in [0.717, 1.165) is 56.9 Å². The summed E-state index contributed by atoms with van der Waals surface area (Å²) < 4.78 is 0. The molecule has 7 heteroatoms. The van der Waals surface area contributed by atoms with Gasteiger partial charge in [-0.25, -0.2) is 9.97 Å². The van der Waals surface area contributed by atoms with Crippen LogP contribution in [0, 0.1) is 0 Å². The van der Waals surface area contributed by atoms with Crippen molar-refractivity contribution in [1.29, 1.82) is 0 Å². The van der Waals surface area contributed by atoms with Crippen LogP contribution in [0.3, 0.4) is 0 Å². The molecule has 2 aromatic rings. The van der Waals surface area contributed by atoms with Crippen LogP contribution in [0.15, 0.2) is 58.7 Å². The maximum Gasteiger partial charge on any atom is 0.225 e. The summed E-state index contributed by atoms with van der Waals surface area (Å²) in [6, 6.07) is 12.3. The van der Waals surface area contributed by atoms with E-state index in [4.69, 9.17) is 4.99 Å². The first-order valence-electron chi connectivity index (χ1n) is 9.10. The van der Waals surface area contributed by atoms with Gasteiger partial charge in [0.25, 0.3) is 0 Å². The number of benzene rings is 1. The zero-order valence-corrected chi connectivity index (χ0v) is 16.0. The zero-order valence-electron chi connectivity index (χ0n) is 15.2. The minimum atomic E-state index is 0.809. The fraction of sp³-hybridized carbons (Fsp3) is 0.421. The molecule has 26 heavy (non-hydrogen) atoms. The molecule has 138 valence electrons. The van der Waals surface area contributed by atoms with Gasteiger partial charge in [0.1, 0.15) is 0 Å². The molecular weight excluding hydrogens is 344 g/mol. The van der Waals surface area contributed by atoms with Crippen LogP contribution in [0.2, 0.25) is 0 Å². The molecule has 1 aromatic heterocycles. The lowest BCUT2D eigenvalue weighted by Crippen LogP contribution is -2.53. The summed E-state index contributed by atoms with van der Waals surface area (Å²) >= 11 is 1.85. The van der Waals surface area contributed by atoms with E-state index in [0.29, 0.717) is 0 Å². The van der Waals surface area contributed by atoms with E-state index >= 15 is 0 Å². The first-order chi connectivity index (χ1) is 12.9. The maximum atomic E-state index is 4.81. The van der Waals surface area contributed by atoms with Gasteiger partial charge in [-0.15, -0.1) is 11.8 Å². The van der Waals surface area contributed by atoms with Crippen molar-refractivity contribution < 1.29 is 0 Å². The van der Waals surface area contributed by atoms with Crippen molar-refractivity contribution in [3.05, 3.63) is 48.8 Å². The molecule has 1 fully saturated rings. The summed E-state index contributed by atoms with van der Waals surface area (Å²) in [5.74, 6) is 2.81. The highest BCUT2D eigenvalue weighted by molar-refractivity contribution is 7.99. The van der Waals surface area contributed by atoms with Crippen molar-refractivity contribution in [3.8, 4) is 0 Å². The Kier molecular flexibility index (Phi) is 7.13. The molecule has 1 aromatic carbocycles. The summed E-state index contributed by atoms with van der Waals surface area (Å²) in [4.78, 5) is 19.4. The Labute approximate surface area is 159 Å². The second-order valence-electron chi connectivity index (χ2n) is 5.92. The van der Waals surface area contributed by atoms with Crippen molar-refractivity contribution in [3.63, 3.8) is 0 Å². The van der Waals surface area contributed by atoms with Gasteiger partial charge in [0.05, 0.1) is 6.54 Å². The Morgan fingerprint density at radius 1 is 1.08 bits per heavy atom. The Morgan fingerprint density at radius 2 is 1.81 bits per heavy atom. The predicted molar refractivity (Wildman–Crippen MR) is 109 cm³/mol. The van der Waals surface area contributed by atoms with Crippen molar-refractivity contribution in [2.75, 3.05) is 49.9 Å². The van der Waals surface area contributed by atoms with Gasteiger partial charge in [0.2, 0.25) is 5.95 Å². The molecule has 0 bridgehead atoms. The van der Waals surface area contributed by atoms with E-state index in [-0.39, 0.29) is 0 Å². The average molecular weight is 371 g/mol. The summed E-state index contributed by atoms with van der Waals surface area (Å²) in [7, 11) is 0. The lowest BCUT2D eigenvalue weighted by Gasteiger charge is -2.36. The van der Waals surface area contributed by atoms with Crippen molar-refractivity contribution in [1.82, 2.24) is 20.2 Å². The fourth-order valence-electron chi connectivity index (χ4n) is 2.83. The number of thioether (sulfide) groups is 1. The van der Waals surface area contributed by atoms with Crippen LogP contribution in [0.1, 0.15) is 6.92 Å². The number of rotatable bonds is 6. The number of piperazine rings is 1. The number of hydrogen-bond donors (Lipinski definition) is 1. The SMILES string of the molecule is CCNC(=NCCSc1ccccc1)N1CCN(c2ncccn2)CC1. The number of guanidine groups is 1. The summed E-state index contributed by atoms with van der Waals surface area (Å²) in [6.07, 6.45) is 3.59. The van der Waals surface area contributed by atoms with E-state index in [1.807, 2.05) is 23.9 Å². The molecule has 3 rings (SSSR count). The molecule has 0 saturated carbocycles. The van der Waals surface area contributed by atoms with E-state index in [2.05, 4.69) is 56.3 Å². The standard InChI is InChI=1S/C19H26N6S/c1-2-20-18(23-11-16-26-17-7-4-3-5-8-17)24-12-14-25(15-13-24)19-21-9-6-10-22-19/h3-10H,2,11-16H2,1H3,(H,20,23). The summed E-state index contributed by atoms with van der Waals surface area (Å²) in [5, 5.41) is 3.42. The monoisotopic (exact) mass is 370 g/mol. The molecule has 0 radical (unpaired) electrons. The minimum absolute atomic E-state index is 0.809. The van der Waals surface area contributed by atoms with Gasteiger partial charge < -0.3 is 15.1 Å². The van der Waals surface area contributed by atoms with Crippen LogP contribution in [0.4, 0.5) is 5.95 Å². The highest BCUT2D eigenvalue weighted by Gasteiger charge is 2.20. The average Bonchev–Trinajstić information content (AvgIpc) is 2.72. The maximum absolute atomic E-state index is 4.81. The minimum Gasteiger partial charge on any atom is -0.357 e. The number of aliphatic imine (C=N–C) groups is 1. The quantitative estimate of drug-likeness (QED) is 0.365. The van der Waals surface area contributed by atoms with Crippen LogP contribution >= 0.6 is 11.8 Å². The normalized spacial score (nSPS) is 15.2. The smallest absolute Gasteiger partial charge is 0.225 e. The van der Waals surface area contributed by atoms with E-state index < -0.39 is 0 Å². The molecule has 1 aliphatic rings. The van der Waals surface area contributed by atoms with Crippen molar-refractivity contribution in [2.45, 2.75) is 11.8 Å². The number of hydrogen-bond acceptors (Lipinski definition) is 5. The third kappa shape index (κ3) is 5.36. The Morgan fingerprint density at radius 3 is 2.50 bits per heavy atom. The van der Waals surface area contributed by atoms with E-state index in [1.165, 1.54) is 4.90 Å². The van der Waals surface area contributed by atoms with Gasteiger partial charge in [0.15, 0.2) is 5.96 Å². The van der Waals surface area contributed by atoms with Crippen molar-refractivity contribution in [2.24, 2.45) is 4.99 Å². The molecule has 0 unspecified atom stereocenters. The Hall–Kier alpha value is -2.28. The lowest BCUT2D eigenvalue weighted by atomic mass is 10.3. The topological polar surface area (TPSA) is 56.7 Å². The van der Waals surface area contributed by atoms with Crippen molar-refractivity contribution >= 4 is 23.7 Å². The molecule has 1 saturated heterocycles. The predicted octanol–water partition coefficient (Wildman–Crippen LogP) is 2.36. The summed E-state index contributed by atoms with van der Waals surface area (Å²) in [6.45, 7) is 7.48. The largest absolute Gasteiger partial charge is 0.357 e. The van der Waals surface area contributed by atoms with Gasteiger partial charge in [-0.1, -0.05) is 18.2 Å². The first-order valence-corrected chi connectivity index (χ1v) is 10.1. The second-order valence-corrected chi connectivity index (χ2v) is 7.09. The van der Waals surface area contributed by atoms with Crippen LogP contribution in [-0.4, -0.2) is 65.8 Å². The number of anilines is 1. The number of nitrogens with one attached hydrogen (secondary N) is 1. The molecule has 2 heterocycles. The fourth-order valence-corrected chi connectivity index (χ4v) is 3.60. The molecule has 6 nitrogen and oxygen atoms in total. The van der Waals surface area contributed by atoms with Crippen LogP contribution in [0.5, 0.6) is 0 Å². The highest BCUT2D eigenvalue weighted by Crippen LogP contribution is 2.16. The molecular formula is C19H26N6S. The third-order valence-electron chi connectivity index (χ3n) is 4.11. The lowest BCUT2D eigenvalue weighted by molar-refractivity contribution is 0.370. The van der Waals surface area contributed by atoms with Crippen LogP contribution < -0.4 is 10.2 Å². The molecule has 0 aliphatic carbocycles. The van der Waals surface area contributed by atoms with Crippen LogP contribution in [-0.2, 0) is 0 Å². The summed E-state index contributed by atoms with van der Waals surface area (Å²) in [5.41, 5.74) is 0. The van der Waals surface area contributed by atoms with E-state index in [1.54, 1.807) is 12.4 Å². The van der Waals surface area contributed by atoms with E-state index in [9.17, 15) is 0 Å². The Balaban J connectivity index is 1.50.